The largest absolute Gasteiger partial charge is 0.346 e. The lowest BCUT2D eigenvalue weighted by atomic mass is 10.1. The van der Waals surface area contributed by atoms with Crippen molar-refractivity contribution in [1.29, 1.82) is 0 Å². The first-order chi connectivity index (χ1) is 9.06. The summed E-state index contributed by atoms with van der Waals surface area (Å²) in [6, 6.07) is 3.98. The summed E-state index contributed by atoms with van der Waals surface area (Å²) in [6.45, 7) is 4.37. The highest BCUT2D eigenvalue weighted by atomic mass is 79.9. The van der Waals surface area contributed by atoms with E-state index in [0.29, 0.717) is 10.6 Å². The molecule has 0 fully saturated rings. The first kappa shape index (κ1) is 14.3. The van der Waals surface area contributed by atoms with Crippen molar-refractivity contribution in [3.8, 4) is 0 Å². The zero-order chi connectivity index (χ0) is 13.8. The topological polar surface area (TPSA) is 41.6 Å². The molecule has 0 atom stereocenters. The summed E-state index contributed by atoms with van der Waals surface area (Å²) in [5.41, 5.74) is 2.30. The van der Waals surface area contributed by atoms with Gasteiger partial charge in [-0.25, -0.2) is 4.98 Å². The Morgan fingerprint density at radius 2 is 2.00 bits per heavy atom. The minimum atomic E-state index is 0.568. The third kappa shape index (κ3) is 3.94. The molecule has 0 aromatic carbocycles. The van der Waals surface area contributed by atoms with Crippen LogP contribution in [0.5, 0.6) is 0 Å². The molecule has 0 aliphatic rings. The van der Waals surface area contributed by atoms with Crippen LogP contribution >= 0.6 is 28.1 Å². The molecule has 2 rings (SSSR count). The zero-order valence-electron chi connectivity index (χ0n) is 11.0. The molecule has 2 aromatic heterocycles. The number of aromatic amines is 1. The van der Waals surface area contributed by atoms with Crippen molar-refractivity contribution in [3.63, 3.8) is 0 Å². The van der Waals surface area contributed by atoms with Gasteiger partial charge in [0.1, 0.15) is 10.5 Å². The van der Waals surface area contributed by atoms with Crippen LogP contribution in [0.4, 0.5) is 0 Å². The van der Waals surface area contributed by atoms with Gasteiger partial charge < -0.3 is 4.98 Å². The Morgan fingerprint density at radius 1 is 1.32 bits per heavy atom. The van der Waals surface area contributed by atoms with E-state index in [1.807, 2.05) is 12.1 Å². The lowest BCUT2D eigenvalue weighted by Crippen LogP contribution is -2.05. The Labute approximate surface area is 126 Å². The number of hydrogen-bond acceptors (Lipinski definition) is 3. The summed E-state index contributed by atoms with van der Waals surface area (Å²) in [5.74, 6) is 1.47. The standard InChI is InChI=1S/C14H16BrN3S/c1-9(2)7-11-13(15)14(19)18-12(17-11)8-10-3-5-16-6-4-10/h3-6,9H,7-8H2,1-2H3,(H,17,18,19). The van der Waals surface area contributed by atoms with Gasteiger partial charge in [0.25, 0.3) is 0 Å². The molecule has 0 spiro atoms. The van der Waals surface area contributed by atoms with E-state index in [9.17, 15) is 0 Å². The smallest absolute Gasteiger partial charge is 0.144 e. The molecule has 0 bridgehead atoms. The third-order valence-electron chi connectivity index (χ3n) is 2.72. The van der Waals surface area contributed by atoms with Crippen LogP contribution in [0.2, 0.25) is 0 Å². The second-order valence-electron chi connectivity index (χ2n) is 4.91. The minimum Gasteiger partial charge on any atom is -0.346 e. The van der Waals surface area contributed by atoms with E-state index >= 15 is 0 Å². The van der Waals surface area contributed by atoms with Gasteiger partial charge in [0.05, 0.1) is 4.47 Å². The van der Waals surface area contributed by atoms with Gasteiger partial charge in [0.15, 0.2) is 0 Å². The molecular formula is C14H16BrN3S. The van der Waals surface area contributed by atoms with E-state index in [-0.39, 0.29) is 0 Å². The number of nitrogens with one attached hydrogen (secondary N) is 1. The lowest BCUT2D eigenvalue weighted by Gasteiger charge is -2.10. The van der Waals surface area contributed by atoms with Crippen molar-refractivity contribution in [2.24, 2.45) is 5.92 Å². The average Bonchev–Trinajstić information content (AvgIpc) is 2.36. The minimum absolute atomic E-state index is 0.568. The van der Waals surface area contributed by atoms with E-state index in [1.54, 1.807) is 12.4 Å². The number of nitrogens with zero attached hydrogens (tertiary/aromatic N) is 2. The van der Waals surface area contributed by atoms with Gasteiger partial charge in [-0.1, -0.05) is 26.1 Å². The van der Waals surface area contributed by atoms with Gasteiger partial charge in [-0.3, -0.25) is 4.98 Å². The Bertz CT molecular complexity index is 608. The summed E-state index contributed by atoms with van der Waals surface area (Å²) in [5, 5.41) is 0. The molecule has 0 amide bonds. The summed E-state index contributed by atoms with van der Waals surface area (Å²) in [6.07, 6.45) is 5.27. The average molecular weight is 338 g/mol. The van der Waals surface area contributed by atoms with Gasteiger partial charge in [-0.2, -0.15) is 0 Å². The molecule has 5 heteroatoms. The van der Waals surface area contributed by atoms with Crippen molar-refractivity contribution in [2.45, 2.75) is 26.7 Å². The molecule has 0 aliphatic carbocycles. The normalized spacial score (nSPS) is 10.9. The molecular weight excluding hydrogens is 322 g/mol. The summed E-state index contributed by atoms with van der Waals surface area (Å²) < 4.78 is 1.54. The van der Waals surface area contributed by atoms with Crippen LogP contribution in [0.1, 0.15) is 30.9 Å². The molecule has 0 unspecified atom stereocenters. The van der Waals surface area contributed by atoms with Gasteiger partial charge in [0, 0.05) is 24.5 Å². The summed E-state index contributed by atoms with van der Waals surface area (Å²) in [4.78, 5) is 11.8. The molecule has 0 radical (unpaired) electrons. The van der Waals surface area contributed by atoms with Crippen molar-refractivity contribution >= 4 is 28.1 Å². The fourth-order valence-corrected chi connectivity index (χ4v) is 2.47. The number of H-pyrrole nitrogens is 1. The van der Waals surface area contributed by atoms with Crippen LogP contribution in [-0.2, 0) is 12.8 Å². The third-order valence-corrected chi connectivity index (χ3v) is 4.13. The Morgan fingerprint density at radius 3 is 2.63 bits per heavy atom. The molecule has 0 aliphatic heterocycles. The second-order valence-corrected chi connectivity index (χ2v) is 6.09. The summed E-state index contributed by atoms with van der Waals surface area (Å²) >= 11 is 8.83. The first-order valence-electron chi connectivity index (χ1n) is 6.22. The Kier molecular flexibility index (Phi) is 4.82. The van der Waals surface area contributed by atoms with Crippen LogP contribution in [0.25, 0.3) is 0 Å². The highest BCUT2D eigenvalue weighted by Crippen LogP contribution is 2.19. The number of pyridine rings is 1. The predicted octanol–water partition coefficient (Wildman–Crippen LogP) is 4.09. The molecule has 19 heavy (non-hydrogen) atoms. The predicted molar refractivity (Wildman–Crippen MR) is 82.7 cm³/mol. The van der Waals surface area contributed by atoms with Crippen molar-refractivity contribution in [2.75, 3.05) is 0 Å². The fourth-order valence-electron chi connectivity index (χ4n) is 1.88. The number of aromatic nitrogens is 3. The number of halogens is 1. The van der Waals surface area contributed by atoms with Crippen LogP contribution in [0, 0.1) is 10.6 Å². The highest BCUT2D eigenvalue weighted by Gasteiger charge is 2.08. The maximum absolute atomic E-state index is 5.31. The number of hydrogen-bond donors (Lipinski definition) is 1. The second kappa shape index (κ2) is 6.39. The SMILES string of the molecule is CC(C)Cc1[nH]c(Cc2ccncc2)nc(=S)c1Br. The Hall–Kier alpha value is -1.07. The van der Waals surface area contributed by atoms with E-state index in [0.717, 1.165) is 28.8 Å². The maximum atomic E-state index is 5.31. The van der Waals surface area contributed by atoms with Gasteiger partial charge in [0.2, 0.25) is 0 Å². The molecule has 100 valence electrons. The van der Waals surface area contributed by atoms with Gasteiger partial charge >= 0.3 is 0 Å². The molecule has 0 saturated carbocycles. The quantitative estimate of drug-likeness (QED) is 0.854. The van der Waals surface area contributed by atoms with Crippen molar-refractivity contribution < 1.29 is 0 Å². The van der Waals surface area contributed by atoms with Crippen LogP contribution in [-0.4, -0.2) is 15.0 Å². The van der Waals surface area contributed by atoms with Gasteiger partial charge in [-0.05, 0) is 46.0 Å². The lowest BCUT2D eigenvalue weighted by molar-refractivity contribution is 0.628. The molecule has 3 nitrogen and oxygen atoms in total. The van der Waals surface area contributed by atoms with Gasteiger partial charge in [-0.15, -0.1) is 0 Å². The van der Waals surface area contributed by atoms with Crippen molar-refractivity contribution in [3.05, 3.63) is 50.7 Å². The molecule has 2 aromatic rings. The maximum Gasteiger partial charge on any atom is 0.144 e. The summed E-state index contributed by atoms with van der Waals surface area (Å²) in [7, 11) is 0. The first-order valence-corrected chi connectivity index (χ1v) is 7.43. The van der Waals surface area contributed by atoms with E-state index in [1.165, 1.54) is 5.56 Å². The van der Waals surface area contributed by atoms with E-state index in [4.69, 9.17) is 12.2 Å². The van der Waals surface area contributed by atoms with E-state index < -0.39 is 0 Å². The molecule has 2 heterocycles. The van der Waals surface area contributed by atoms with Crippen LogP contribution in [0.3, 0.4) is 0 Å². The monoisotopic (exact) mass is 337 g/mol. The molecule has 0 saturated heterocycles. The van der Waals surface area contributed by atoms with Crippen LogP contribution in [0.15, 0.2) is 29.0 Å². The highest BCUT2D eigenvalue weighted by molar-refractivity contribution is 9.10. The number of rotatable bonds is 4. The fraction of sp³-hybridized carbons (Fsp3) is 0.357. The Balaban J connectivity index is 2.32. The molecule has 1 N–H and O–H groups in total. The van der Waals surface area contributed by atoms with Crippen molar-refractivity contribution in [1.82, 2.24) is 15.0 Å². The zero-order valence-corrected chi connectivity index (χ0v) is 13.4. The van der Waals surface area contributed by atoms with Crippen LogP contribution < -0.4 is 0 Å². The van der Waals surface area contributed by atoms with E-state index in [2.05, 4.69) is 44.7 Å².